The first-order valence-corrected chi connectivity index (χ1v) is 7.75. The predicted molar refractivity (Wildman–Crippen MR) is 92.0 cm³/mol. The zero-order valence-electron chi connectivity index (χ0n) is 13.6. The molecule has 2 heterocycles. The molecule has 0 aliphatic carbocycles. The van der Waals surface area contributed by atoms with Crippen LogP contribution in [-0.4, -0.2) is 25.9 Å². The topological polar surface area (TPSA) is 30.9 Å². The second-order valence-electron chi connectivity index (χ2n) is 5.67. The van der Waals surface area contributed by atoms with E-state index in [4.69, 9.17) is 14.2 Å². The minimum absolute atomic E-state index is 0.116. The molecule has 0 spiro atoms. The maximum absolute atomic E-state index is 5.65. The van der Waals surface area contributed by atoms with Gasteiger partial charge in [0.05, 0.1) is 7.11 Å². The van der Waals surface area contributed by atoms with Gasteiger partial charge in [-0.1, -0.05) is 30.0 Å². The summed E-state index contributed by atoms with van der Waals surface area (Å²) in [5, 5.41) is 0. The average Bonchev–Trinajstić information content (AvgIpc) is 3.08. The van der Waals surface area contributed by atoms with E-state index in [0.717, 1.165) is 22.4 Å². The molecule has 4 heteroatoms. The minimum Gasteiger partial charge on any atom is -0.492 e. The van der Waals surface area contributed by atoms with Crippen LogP contribution in [-0.2, 0) is 0 Å². The number of nitrogens with zero attached hydrogens (tertiary/aromatic N) is 1. The van der Waals surface area contributed by atoms with Crippen LogP contribution in [0.5, 0.6) is 17.2 Å². The maximum Gasteiger partial charge on any atom is 0.231 e. The molecule has 2 aromatic rings. The molecule has 0 saturated heterocycles. The fourth-order valence-electron chi connectivity index (χ4n) is 3.00. The van der Waals surface area contributed by atoms with Crippen LogP contribution in [0.3, 0.4) is 0 Å². The molecule has 0 fully saturated rings. The van der Waals surface area contributed by atoms with Crippen LogP contribution < -0.4 is 14.2 Å². The van der Waals surface area contributed by atoms with Crippen molar-refractivity contribution in [2.45, 2.75) is 6.04 Å². The largest absolute Gasteiger partial charge is 0.492 e. The first-order valence-electron chi connectivity index (χ1n) is 7.75. The Kier molecular flexibility index (Phi) is 3.55. The first-order chi connectivity index (χ1) is 11.8. The van der Waals surface area contributed by atoms with E-state index in [1.165, 1.54) is 0 Å². The summed E-state index contributed by atoms with van der Waals surface area (Å²) in [5.41, 5.74) is 3.04. The normalized spacial score (nSPS) is 17.1. The maximum atomic E-state index is 5.65. The molecule has 0 N–H and O–H groups in total. The molecule has 0 saturated carbocycles. The van der Waals surface area contributed by atoms with Gasteiger partial charge in [0.1, 0.15) is 6.04 Å². The van der Waals surface area contributed by atoms with Gasteiger partial charge in [-0.3, -0.25) is 0 Å². The molecule has 0 radical (unpaired) electrons. The van der Waals surface area contributed by atoms with Crippen LogP contribution in [0.4, 0.5) is 0 Å². The number of benzene rings is 2. The van der Waals surface area contributed by atoms with Crippen molar-refractivity contribution >= 4 is 6.08 Å². The number of rotatable bonds is 1. The number of hydrogen-bond donors (Lipinski definition) is 0. The molecule has 24 heavy (non-hydrogen) atoms. The lowest BCUT2D eigenvalue weighted by atomic mass is 9.94. The Morgan fingerprint density at radius 1 is 1.21 bits per heavy atom. The Labute approximate surface area is 141 Å². The molecule has 0 amide bonds. The number of hydrogen-bond acceptors (Lipinski definition) is 4. The predicted octanol–water partition coefficient (Wildman–Crippen LogP) is 3.43. The third-order valence-electron chi connectivity index (χ3n) is 4.19. The summed E-state index contributed by atoms with van der Waals surface area (Å²) >= 11 is 0. The van der Waals surface area contributed by atoms with Crippen LogP contribution in [0.15, 0.2) is 42.6 Å². The summed E-state index contributed by atoms with van der Waals surface area (Å²) < 4.78 is 16.8. The highest BCUT2D eigenvalue weighted by Crippen LogP contribution is 2.49. The minimum atomic E-state index is -0.116. The molecule has 2 aliphatic rings. The molecule has 1 unspecified atom stereocenters. The lowest BCUT2D eigenvalue weighted by Gasteiger charge is -2.29. The van der Waals surface area contributed by atoms with Gasteiger partial charge in [0, 0.05) is 24.4 Å². The average molecular weight is 319 g/mol. The highest BCUT2D eigenvalue weighted by atomic mass is 16.7. The van der Waals surface area contributed by atoms with Gasteiger partial charge in [0.25, 0.3) is 0 Å². The van der Waals surface area contributed by atoms with Crippen LogP contribution in [0.2, 0.25) is 0 Å². The quantitative estimate of drug-likeness (QED) is 0.754. The Hall–Kier alpha value is -3.06. The summed E-state index contributed by atoms with van der Waals surface area (Å²) in [6.45, 7) is 0.217. The van der Waals surface area contributed by atoms with E-state index in [1.54, 1.807) is 7.11 Å². The third-order valence-corrected chi connectivity index (χ3v) is 4.19. The zero-order valence-corrected chi connectivity index (χ0v) is 13.6. The van der Waals surface area contributed by atoms with Crippen molar-refractivity contribution in [1.29, 1.82) is 0 Å². The molecule has 1 atom stereocenters. The van der Waals surface area contributed by atoms with Gasteiger partial charge in [-0.05, 0) is 29.8 Å². The van der Waals surface area contributed by atoms with E-state index < -0.39 is 0 Å². The van der Waals surface area contributed by atoms with Crippen molar-refractivity contribution in [2.75, 3.05) is 21.0 Å². The molecule has 2 aromatic carbocycles. The number of ether oxygens (including phenoxy) is 3. The summed E-state index contributed by atoms with van der Waals surface area (Å²) in [5.74, 6) is 8.68. The van der Waals surface area contributed by atoms with Gasteiger partial charge in [0.2, 0.25) is 12.5 Å². The summed E-state index contributed by atoms with van der Waals surface area (Å²) in [4.78, 5) is 2.07. The Morgan fingerprint density at radius 2 is 2.04 bits per heavy atom. The highest BCUT2D eigenvalue weighted by molar-refractivity contribution is 5.71. The molecular formula is C20H17NO3. The monoisotopic (exact) mass is 319 g/mol. The molecular weight excluding hydrogens is 302 g/mol. The summed E-state index contributed by atoms with van der Waals surface area (Å²) in [6, 6.07) is 11.8. The van der Waals surface area contributed by atoms with Gasteiger partial charge < -0.3 is 19.1 Å². The third kappa shape index (κ3) is 2.35. The highest BCUT2D eigenvalue weighted by Gasteiger charge is 2.31. The lowest BCUT2D eigenvalue weighted by Crippen LogP contribution is -2.22. The van der Waals surface area contributed by atoms with E-state index in [9.17, 15) is 0 Å². The molecule has 4 rings (SSSR count). The molecule has 120 valence electrons. The van der Waals surface area contributed by atoms with Crippen molar-refractivity contribution in [2.24, 2.45) is 0 Å². The molecule has 0 aromatic heterocycles. The van der Waals surface area contributed by atoms with E-state index in [2.05, 4.69) is 16.7 Å². The van der Waals surface area contributed by atoms with Crippen LogP contribution in [0, 0.1) is 11.8 Å². The Balaban J connectivity index is 1.84. The standard InChI is InChI=1S/C20H17NO3/c1-21-11-10-15-12-17-19(24-13-23-17)20(22-2)18(15)16(21)9-8-14-6-4-3-5-7-14/h3-7,10-12,16H,13H2,1-2H3. The lowest BCUT2D eigenvalue weighted by molar-refractivity contribution is 0.171. The van der Waals surface area contributed by atoms with Gasteiger partial charge in [-0.2, -0.15) is 0 Å². The van der Waals surface area contributed by atoms with Crippen molar-refractivity contribution in [3.05, 3.63) is 59.3 Å². The fourth-order valence-corrected chi connectivity index (χ4v) is 3.00. The van der Waals surface area contributed by atoms with Gasteiger partial charge >= 0.3 is 0 Å². The van der Waals surface area contributed by atoms with Crippen LogP contribution in [0.1, 0.15) is 22.7 Å². The van der Waals surface area contributed by atoms with Crippen LogP contribution in [0.25, 0.3) is 6.08 Å². The molecule has 4 nitrogen and oxygen atoms in total. The SMILES string of the molecule is COc1c2c(cc3c1C(C#Cc1ccccc1)N(C)C=C3)OCO2. The Bertz CT molecular complexity index is 862. The van der Waals surface area contributed by atoms with E-state index >= 15 is 0 Å². The molecule has 2 aliphatic heterocycles. The van der Waals surface area contributed by atoms with E-state index in [-0.39, 0.29) is 12.8 Å². The van der Waals surface area contributed by atoms with Crippen molar-refractivity contribution < 1.29 is 14.2 Å². The second-order valence-corrected chi connectivity index (χ2v) is 5.67. The summed E-state index contributed by atoms with van der Waals surface area (Å²) in [7, 11) is 3.66. The number of fused-ring (bicyclic) bond motifs is 2. The fraction of sp³-hybridized carbons (Fsp3) is 0.200. The summed E-state index contributed by atoms with van der Waals surface area (Å²) in [6.07, 6.45) is 4.06. The zero-order chi connectivity index (χ0) is 16.5. The van der Waals surface area contributed by atoms with Crippen molar-refractivity contribution in [3.63, 3.8) is 0 Å². The smallest absolute Gasteiger partial charge is 0.231 e. The molecule has 0 bridgehead atoms. The van der Waals surface area contributed by atoms with Gasteiger partial charge in [0.15, 0.2) is 11.5 Å². The van der Waals surface area contributed by atoms with E-state index in [1.807, 2.05) is 55.7 Å². The van der Waals surface area contributed by atoms with Crippen LogP contribution >= 0.6 is 0 Å². The van der Waals surface area contributed by atoms with Crippen molar-refractivity contribution in [3.8, 4) is 29.1 Å². The second kappa shape index (κ2) is 5.86. The van der Waals surface area contributed by atoms with Crippen molar-refractivity contribution in [1.82, 2.24) is 4.90 Å². The Morgan fingerprint density at radius 3 is 2.83 bits per heavy atom. The first kappa shape index (κ1) is 14.5. The van der Waals surface area contributed by atoms with Gasteiger partial charge in [-0.25, -0.2) is 0 Å². The van der Waals surface area contributed by atoms with E-state index in [0.29, 0.717) is 11.5 Å². The van der Waals surface area contributed by atoms with Gasteiger partial charge in [-0.15, -0.1) is 0 Å². The number of methoxy groups -OCH3 is 1.